The Balaban J connectivity index is 0. The van der Waals surface area contributed by atoms with Crippen LogP contribution < -0.4 is 0 Å². The third-order valence-corrected chi connectivity index (χ3v) is 1.83. The van der Waals surface area contributed by atoms with E-state index in [1.54, 1.807) is 0 Å². The van der Waals surface area contributed by atoms with Crippen molar-refractivity contribution in [2.45, 2.75) is 60.3 Å². The van der Waals surface area contributed by atoms with Crippen LogP contribution in [0.5, 0.6) is 0 Å². The molecule has 0 saturated heterocycles. The molecule has 0 heteroatoms. The van der Waals surface area contributed by atoms with Gasteiger partial charge in [-0.3, -0.25) is 0 Å². The minimum atomic E-state index is 0.773. The van der Waals surface area contributed by atoms with Crippen molar-refractivity contribution < 1.29 is 0 Å². The van der Waals surface area contributed by atoms with Crippen LogP contribution >= 0.6 is 0 Å². The Morgan fingerprint density at radius 1 is 1.17 bits per heavy atom. The second kappa shape index (κ2) is 10.7. The smallest absolute Gasteiger partial charge is 0.0211 e. The van der Waals surface area contributed by atoms with Gasteiger partial charge in [-0.15, -0.1) is 0 Å². The highest BCUT2D eigenvalue weighted by molar-refractivity contribution is 4.94. The molecule has 0 heterocycles. The number of hydrogen-bond acceptors (Lipinski definition) is 0. The minimum absolute atomic E-state index is 0.773. The zero-order chi connectivity index (χ0) is 9.98. The van der Waals surface area contributed by atoms with Crippen molar-refractivity contribution in [3.05, 3.63) is 12.2 Å². The molecule has 0 nitrogen and oxygen atoms in total. The molecule has 74 valence electrons. The van der Waals surface area contributed by atoms with E-state index in [-0.39, 0.29) is 0 Å². The van der Waals surface area contributed by atoms with Crippen molar-refractivity contribution in [2.75, 3.05) is 0 Å². The minimum Gasteiger partial charge on any atom is -0.0999 e. The van der Waals surface area contributed by atoms with Gasteiger partial charge in [0, 0.05) is 0 Å². The summed E-state index contributed by atoms with van der Waals surface area (Å²) in [5, 5.41) is 0. The van der Waals surface area contributed by atoms with Crippen LogP contribution in [0.2, 0.25) is 0 Å². The van der Waals surface area contributed by atoms with Crippen molar-refractivity contribution in [3.63, 3.8) is 0 Å². The van der Waals surface area contributed by atoms with Crippen molar-refractivity contribution in [3.8, 4) is 0 Å². The van der Waals surface area contributed by atoms with Gasteiger partial charge in [0.05, 0.1) is 0 Å². The van der Waals surface area contributed by atoms with Crippen LogP contribution in [-0.2, 0) is 0 Å². The Hall–Kier alpha value is -0.260. The van der Waals surface area contributed by atoms with Crippen LogP contribution in [0.4, 0.5) is 0 Å². The van der Waals surface area contributed by atoms with Gasteiger partial charge >= 0.3 is 0 Å². The summed E-state index contributed by atoms with van der Waals surface area (Å²) in [5.41, 5.74) is 1.35. The van der Waals surface area contributed by atoms with E-state index >= 15 is 0 Å². The van der Waals surface area contributed by atoms with E-state index in [0.717, 1.165) is 5.92 Å². The highest BCUT2D eigenvalue weighted by Gasteiger charge is 2.03. The summed E-state index contributed by atoms with van der Waals surface area (Å²) in [6.45, 7) is 14.8. The van der Waals surface area contributed by atoms with Crippen LogP contribution in [-0.4, -0.2) is 0 Å². The van der Waals surface area contributed by atoms with Gasteiger partial charge in [0.15, 0.2) is 0 Å². The molecule has 0 spiro atoms. The van der Waals surface area contributed by atoms with Gasteiger partial charge < -0.3 is 0 Å². The van der Waals surface area contributed by atoms with Crippen LogP contribution in [0.25, 0.3) is 0 Å². The van der Waals surface area contributed by atoms with Crippen molar-refractivity contribution >= 4 is 0 Å². The first-order valence-corrected chi connectivity index (χ1v) is 5.29. The molecule has 0 rings (SSSR count). The predicted molar refractivity (Wildman–Crippen MR) is 59.5 cm³/mol. The Bertz CT molecular complexity index is 92.2. The summed E-state index contributed by atoms with van der Waals surface area (Å²) in [6, 6.07) is 0. The van der Waals surface area contributed by atoms with Gasteiger partial charge in [-0.25, -0.2) is 0 Å². The lowest BCUT2D eigenvalue weighted by Gasteiger charge is -2.12. The van der Waals surface area contributed by atoms with Gasteiger partial charge in [-0.2, -0.15) is 0 Å². The number of rotatable bonds is 4. The number of hydrogen-bond donors (Lipinski definition) is 0. The van der Waals surface area contributed by atoms with Crippen LogP contribution in [0, 0.1) is 5.92 Å². The highest BCUT2D eigenvalue weighted by Crippen LogP contribution is 2.17. The maximum absolute atomic E-state index is 3.94. The monoisotopic (exact) mass is 170 g/mol. The standard InChI is InChI=1S/C9H18.C3H8/c1-5-7-9(6-2)8(3)4;1-3-2/h9H,3,5-7H2,1-2,4H3;3H2,1-2H3. The van der Waals surface area contributed by atoms with E-state index in [9.17, 15) is 0 Å². The normalized spacial score (nSPS) is 11.4. The Kier molecular flexibility index (Phi) is 12.8. The van der Waals surface area contributed by atoms with Crippen LogP contribution in [0.1, 0.15) is 60.3 Å². The van der Waals surface area contributed by atoms with Crippen LogP contribution in [0.3, 0.4) is 0 Å². The lowest BCUT2D eigenvalue weighted by Crippen LogP contribution is -1.97. The summed E-state index contributed by atoms with van der Waals surface area (Å²) in [6.07, 6.45) is 5.10. The summed E-state index contributed by atoms with van der Waals surface area (Å²) in [5.74, 6) is 0.773. The summed E-state index contributed by atoms with van der Waals surface area (Å²) < 4.78 is 0. The molecule has 0 aliphatic rings. The molecule has 0 bridgehead atoms. The van der Waals surface area contributed by atoms with Gasteiger partial charge in [0.1, 0.15) is 0 Å². The van der Waals surface area contributed by atoms with E-state index in [0.29, 0.717) is 0 Å². The fraction of sp³-hybridized carbons (Fsp3) is 0.833. The largest absolute Gasteiger partial charge is 0.0999 e. The molecule has 0 N–H and O–H groups in total. The lowest BCUT2D eigenvalue weighted by atomic mass is 9.94. The quantitative estimate of drug-likeness (QED) is 0.531. The average Bonchev–Trinajstić information content (AvgIpc) is 2.01. The molecule has 0 aliphatic heterocycles. The van der Waals surface area contributed by atoms with Crippen molar-refractivity contribution in [1.29, 1.82) is 0 Å². The second-order valence-electron chi connectivity index (χ2n) is 3.45. The van der Waals surface area contributed by atoms with E-state index < -0.39 is 0 Å². The molecule has 0 aromatic carbocycles. The molecule has 0 aromatic heterocycles. The topological polar surface area (TPSA) is 0 Å². The fourth-order valence-electron chi connectivity index (χ4n) is 1.15. The van der Waals surface area contributed by atoms with E-state index in [1.165, 1.54) is 31.3 Å². The zero-order valence-corrected chi connectivity index (χ0v) is 9.61. The number of allylic oxidation sites excluding steroid dienone is 1. The first kappa shape index (κ1) is 14.3. The summed E-state index contributed by atoms with van der Waals surface area (Å²) in [7, 11) is 0. The van der Waals surface area contributed by atoms with Gasteiger partial charge in [-0.1, -0.05) is 52.7 Å². The van der Waals surface area contributed by atoms with E-state index in [2.05, 4.69) is 41.2 Å². The van der Waals surface area contributed by atoms with Gasteiger partial charge in [-0.05, 0) is 25.7 Å². The van der Waals surface area contributed by atoms with Crippen molar-refractivity contribution in [2.24, 2.45) is 5.92 Å². The molecule has 0 aromatic rings. The predicted octanol–water partition coefficient (Wildman–Crippen LogP) is 4.81. The molecule has 1 atom stereocenters. The van der Waals surface area contributed by atoms with E-state index in [4.69, 9.17) is 0 Å². The van der Waals surface area contributed by atoms with Gasteiger partial charge in [0.2, 0.25) is 0 Å². The van der Waals surface area contributed by atoms with Crippen molar-refractivity contribution in [1.82, 2.24) is 0 Å². The molecular formula is C12H26. The molecule has 0 aliphatic carbocycles. The van der Waals surface area contributed by atoms with Gasteiger partial charge in [0.25, 0.3) is 0 Å². The zero-order valence-electron chi connectivity index (χ0n) is 9.61. The third kappa shape index (κ3) is 9.74. The van der Waals surface area contributed by atoms with E-state index in [1.807, 2.05) is 0 Å². The highest BCUT2D eigenvalue weighted by atomic mass is 14.1. The molecular weight excluding hydrogens is 144 g/mol. The average molecular weight is 170 g/mol. The molecule has 0 amide bonds. The fourth-order valence-corrected chi connectivity index (χ4v) is 1.15. The Morgan fingerprint density at radius 2 is 1.58 bits per heavy atom. The summed E-state index contributed by atoms with van der Waals surface area (Å²) >= 11 is 0. The first-order valence-electron chi connectivity index (χ1n) is 5.29. The first-order chi connectivity index (χ1) is 5.63. The summed E-state index contributed by atoms with van der Waals surface area (Å²) in [4.78, 5) is 0. The lowest BCUT2D eigenvalue weighted by molar-refractivity contribution is 0.536. The Labute approximate surface area is 79.1 Å². The molecule has 0 saturated carbocycles. The molecule has 0 radical (unpaired) electrons. The second-order valence-corrected chi connectivity index (χ2v) is 3.45. The maximum Gasteiger partial charge on any atom is -0.0211 e. The SMILES string of the molecule is C=C(C)C(CC)CCC.CCC. The Morgan fingerprint density at radius 3 is 1.67 bits per heavy atom. The maximum atomic E-state index is 3.94. The molecule has 0 fully saturated rings. The molecule has 1 unspecified atom stereocenters. The third-order valence-electron chi connectivity index (χ3n) is 1.83. The molecule has 12 heavy (non-hydrogen) atoms. The van der Waals surface area contributed by atoms with Crippen LogP contribution in [0.15, 0.2) is 12.2 Å².